The van der Waals surface area contributed by atoms with E-state index in [-0.39, 0.29) is 18.9 Å². The van der Waals surface area contributed by atoms with Crippen LogP contribution < -0.4 is 0 Å². The summed E-state index contributed by atoms with van der Waals surface area (Å²) in [5.74, 6) is 0. The van der Waals surface area contributed by atoms with Crippen molar-refractivity contribution in [2.45, 2.75) is 0 Å². The fourth-order valence-corrected chi connectivity index (χ4v) is 0. The molecule has 0 fully saturated rings. The molecule has 0 unspecified atom stereocenters. The molecule has 0 atom stereocenters. The predicted octanol–water partition coefficient (Wildman–Crippen LogP) is -3.79. The Kier molecular flexibility index (Phi) is 27.1. The van der Waals surface area contributed by atoms with Gasteiger partial charge in [-0.25, -0.2) is 0 Å². The molecule has 0 aromatic rings. The number of hydrogen-bond acceptors (Lipinski definition) is 8. The van der Waals surface area contributed by atoms with Crippen LogP contribution in [0.4, 0.5) is 8.63 Å². The molecule has 0 aliphatic rings. The van der Waals surface area contributed by atoms with Gasteiger partial charge < -0.3 is 20.1 Å². The molecule has 114 valence electrons. The fourth-order valence-electron chi connectivity index (χ4n) is 0. The van der Waals surface area contributed by atoms with Crippen LogP contribution in [0.25, 0.3) is 0 Å². The summed E-state index contributed by atoms with van der Waals surface area (Å²) < 4.78 is 72.0. The standard InChI is InChI=1S/2CH4O3S.2BFH2O2.Li.H/c2*1-5(2,3)4;2*2-1(3)4;;/h2*1H3,(H,2,3,4);2*3-4H;;. The first kappa shape index (κ1) is 31.6. The summed E-state index contributed by atoms with van der Waals surface area (Å²) in [5, 5.41) is 27.8. The monoisotopic (exact) mass is 328 g/mol. The second-order valence-corrected chi connectivity index (χ2v) is 5.02. The molecule has 0 saturated heterocycles. The van der Waals surface area contributed by atoms with E-state index in [9.17, 15) is 25.5 Å². The average molecular weight is 328 g/mol. The van der Waals surface area contributed by atoms with Crippen molar-refractivity contribution in [1.29, 1.82) is 0 Å². The fraction of sp³-hybridized carbons (Fsp3) is 1.00. The van der Waals surface area contributed by atoms with Crippen molar-refractivity contribution < 1.29 is 54.7 Å². The van der Waals surface area contributed by atoms with Crippen molar-refractivity contribution in [2.24, 2.45) is 0 Å². The van der Waals surface area contributed by atoms with Gasteiger partial charge in [0, 0.05) is 0 Å². The van der Waals surface area contributed by atoms with E-state index in [0.717, 1.165) is 0 Å². The Morgan fingerprint density at radius 3 is 0.737 bits per heavy atom. The van der Waals surface area contributed by atoms with Crippen LogP contribution in [0, 0.1) is 0 Å². The van der Waals surface area contributed by atoms with Gasteiger partial charge >= 0.3 is 33.7 Å². The van der Waals surface area contributed by atoms with E-state index in [1.165, 1.54) is 0 Å². The molecule has 19 heavy (non-hydrogen) atoms. The Labute approximate surface area is 121 Å². The van der Waals surface area contributed by atoms with Crippen LogP contribution in [0.1, 0.15) is 0 Å². The molecule has 0 aliphatic heterocycles. The normalized spacial score (nSPS) is 8.95. The Hall–Kier alpha value is 0.247. The molecule has 0 aromatic carbocycles. The third-order valence-electron chi connectivity index (χ3n) is 0. The Balaban J connectivity index is -0.0000000453. The van der Waals surface area contributed by atoms with Crippen molar-refractivity contribution in [1.82, 2.24) is 0 Å². The zero-order chi connectivity index (χ0) is 16.2. The van der Waals surface area contributed by atoms with Gasteiger partial charge in [-0.1, -0.05) is 0 Å². The molecule has 17 heteroatoms. The van der Waals surface area contributed by atoms with E-state index in [1.807, 2.05) is 0 Å². The molecule has 0 saturated carbocycles. The van der Waals surface area contributed by atoms with Crippen molar-refractivity contribution in [3.05, 3.63) is 0 Å². The average Bonchev–Trinajstić information content (AvgIpc) is 1.70. The summed E-state index contributed by atoms with van der Waals surface area (Å²) in [6.07, 6.45) is 1.43. The van der Waals surface area contributed by atoms with E-state index in [1.54, 1.807) is 0 Å². The van der Waals surface area contributed by atoms with Crippen molar-refractivity contribution in [3.63, 3.8) is 0 Å². The second-order valence-electron chi connectivity index (χ2n) is 2.09. The van der Waals surface area contributed by atoms with Gasteiger partial charge in [-0.05, 0) is 0 Å². The molecule has 0 radical (unpaired) electrons. The maximum absolute atomic E-state index is 10.1. The summed E-state index contributed by atoms with van der Waals surface area (Å²) in [7, 11) is -12.7. The van der Waals surface area contributed by atoms with Gasteiger partial charge in [0.25, 0.3) is 20.2 Å². The van der Waals surface area contributed by atoms with Crippen molar-refractivity contribution in [2.75, 3.05) is 12.5 Å². The molecular weight excluding hydrogens is 315 g/mol. The number of halogens is 2. The minimum absolute atomic E-state index is 0. The van der Waals surface area contributed by atoms with Crippen molar-refractivity contribution >= 4 is 53.9 Å². The summed E-state index contributed by atoms with van der Waals surface area (Å²) in [4.78, 5) is 0. The van der Waals surface area contributed by atoms with Crippen LogP contribution in [0.15, 0.2) is 0 Å². The molecule has 6 N–H and O–H groups in total. The molecular formula is C2H13B2F2LiO10S2. The third-order valence-corrected chi connectivity index (χ3v) is 0. The Morgan fingerprint density at radius 1 is 0.737 bits per heavy atom. The van der Waals surface area contributed by atoms with Gasteiger partial charge in [0.15, 0.2) is 0 Å². The minimum atomic E-state index is -3.67. The topological polar surface area (TPSA) is 190 Å². The van der Waals surface area contributed by atoms with Gasteiger partial charge in [-0.15, -0.1) is 0 Å². The quantitative estimate of drug-likeness (QED) is 0.190. The molecule has 0 heterocycles. The van der Waals surface area contributed by atoms with E-state index in [0.29, 0.717) is 12.5 Å². The predicted molar refractivity (Wildman–Crippen MR) is 64.7 cm³/mol. The van der Waals surface area contributed by atoms with Gasteiger partial charge in [-0.2, -0.15) is 16.8 Å². The molecule has 0 rings (SSSR count). The van der Waals surface area contributed by atoms with Gasteiger partial charge in [-0.3, -0.25) is 17.7 Å². The first-order valence-electron chi connectivity index (χ1n) is 3.32. The van der Waals surface area contributed by atoms with Crippen LogP contribution in [-0.4, -0.2) is 92.2 Å². The van der Waals surface area contributed by atoms with Crippen LogP contribution in [0.5, 0.6) is 0 Å². The zero-order valence-electron chi connectivity index (χ0n) is 9.04. The molecule has 0 amide bonds. The molecule has 0 aromatic heterocycles. The first-order valence-corrected chi connectivity index (χ1v) is 7.01. The van der Waals surface area contributed by atoms with Crippen LogP contribution >= 0.6 is 0 Å². The van der Waals surface area contributed by atoms with Crippen LogP contribution in [0.2, 0.25) is 0 Å². The molecule has 10 nitrogen and oxygen atoms in total. The zero-order valence-corrected chi connectivity index (χ0v) is 10.7. The first-order chi connectivity index (χ1) is 7.46. The SMILES string of the molecule is CS(=O)(=O)O.CS(=O)(=O)O.OB(O)F.OB(O)F.[LiH]. The number of hydrogen-bond donors (Lipinski definition) is 6. The van der Waals surface area contributed by atoms with E-state index < -0.39 is 35.0 Å². The second kappa shape index (κ2) is 16.3. The van der Waals surface area contributed by atoms with E-state index in [2.05, 4.69) is 0 Å². The van der Waals surface area contributed by atoms with Crippen molar-refractivity contribution in [3.8, 4) is 0 Å². The maximum atomic E-state index is 10.1. The summed E-state index contributed by atoms with van der Waals surface area (Å²) in [5.41, 5.74) is 0. The van der Waals surface area contributed by atoms with E-state index in [4.69, 9.17) is 29.2 Å². The van der Waals surface area contributed by atoms with Crippen LogP contribution in [0.3, 0.4) is 0 Å². The van der Waals surface area contributed by atoms with Gasteiger partial charge in [0.1, 0.15) is 0 Å². The Morgan fingerprint density at radius 2 is 0.737 bits per heavy atom. The van der Waals surface area contributed by atoms with Crippen LogP contribution in [-0.2, 0) is 20.2 Å². The molecule has 0 spiro atoms. The number of rotatable bonds is 0. The molecule has 0 aliphatic carbocycles. The summed E-state index contributed by atoms with van der Waals surface area (Å²) in [6.45, 7) is 0. The van der Waals surface area contributed by atoms with Gasteiger partial charge in [0.2, 0.25) is 0 Å². The molecule has 0 bridgehead atoms. The van der Waals surface area contributed by atoms with Gasteiger partial charge in [0.05, 0.1) is 12.5 Å². The third kappa shape index (κ3) is 78800. The summed E-state index contributed by atoms with van der Waals surface area (Å²) >= 11 is 0. The van der Waals surface area contributed by atoms with E-state index >= 15 is 0 Å². The Bertz CT molecular complexity index is 298. The summed E-state index contributed by atoms with van der Waals surface area (Å²) in [6, 6.07) is 0.